The first kappa shape index (κ1) is 27.9. The van der Waals surface area contributed by atoms with Crippen molar-refractivity contribution in [2.75, 3.05) is 0 Å². The summed E-state index contributed by atoms with van der Waals surface area (Å²) in [5.74, 6) is -1.85. The number of hydrogen-bond donors (Lipinski definition) is 0. The number of hydrogen-bond acceptors (Lipinski definition) is 8. The van der Waals surface area contributed by atoms with Gasteiger partial charge in [-0.3, -0.25) is 19.2 Å². The van der Waals surface area contributed by atoms with Gasteiger partial charge in [0.15, 0.2) is 6.10 Å². The van der Waals surface area contributed by atoms with Gasteiger partial charge in [-0.25, -0.2) is 0 Å². The molecule has 200 valence electrons. The van der Waals surface area contributed by atoms with Crippen molar-refractivity contribution >= 4 is 23.9 Å². The molecule has 0 aliphatic heterocycles. The third kappa shape index (κ3) is 5.52. The minimum absolute atomic E-state index is 0.00809. The number of ether oxygens (including phenoxy) is 4. The lowest BCUT2D eigenvalue weighted by Gasteiger charge is -2.49. The van der Waals surface area contributed by atoms with E-state index in [1.165, 1.54) is 27.7 Å². The molecule has 0 aromatic carbocycles. The van der Waals surface area contributed by atoms with Gasteiger partial charge in [-0.05, 0) is 61.5 Å². The summed E-state index contributed by atoms with van der Waals surface area (Å²) < 4.78 is 23.3. The molecule has 0 saturated heterocycles. The van der Waals surface area contributed by atoms with Gasteiger partial charge in [-0.2, -0.15) is 0 Å². The summed E-state index contributed by atoms with van der Waals surface area (Å²) in [7, 11) is 0. The average molecular weight is 505 g/mol. The molecule has 3 aliphatic rings. The molecule has 0 aromatic rings. The monoisotopic (exact) mass is 504 g/mol. The maximum absolute atomic E-state index is 12.3. The molecule has 0 unspecified atom stereocenters. The Morgan fingerprint density at radius 1 is 0.861 bits per heavy atom. The van der Waals surface area contributed by atoms with Crippen molar-refractivity contribution in [3.63, 3.8) is 0 Å². The standard InChI is InChI=1S/C28H40O8/c1-14-9-10-23(33-17(4)29)15(2)21-11-12-28(8)25(21)16(3)22(13-24(14)34-18(5)30)26(35-19(6)31)27(28)36-20(7)32/h14,21,23-27H,2,9-13H2,1,3-8H3/t14-,21-,23+,24-,25+,26+,27-,28-/m0/s1. The van der Waals surface area contributed by atoms with E-state index in [-0.39, 0.29) is 23.7 Å². The Morgan fingerprint density at radius 2 is 1.44 bits per heavy atom. The van der Waals surface area contributed by atoms with E-state index < -0.39 is 47.7 Å². The Bertz CT molecular complexity index is 965. The van der Waals surface area contributed by atoms with Gasteiger partial charge in [0.2, 0.25) is 0 Å². The largest absolute Gasteiger partial charge is 0.462 e. The van der Waals surface area contributed by atoms with E-state index in [0.717, 1.165) is 29.6 Å². The summed E-state index contributed by atoms with van der Waals surface area (Å²) in [5.41, 5.74) is 2.18. The van der Waals surface area contributed by atoms with Crippen molar-refractivity contribution in [3.8, 4) is 0 Å². The smallest absolute Gasteiger partial charge is 0.303 e. The first-order valence-corrected chi connectivity index (χ1v) is 12.8. The van der Waals surface area contributed by atoms with Crippen LogP contribution in [-0.2, 0) is 38.1 Å². The van der Waals surface area contributed by atoms with Gasteiger partial charge in [0.25, 0.3) is 0 Å². The summed E-state index contributed by atoms with van der Waals surface area (Å²) >= 11 is 0. The SMILES string of the molecule is C=C1[C@H](OC(C)=O)CC[C@H](C)[C@@H](OC(C)=O)CC2=C(C)[C@@H]3[C@H]1CC[C@]3(C)[C@@H](OC(C)=O)[C@@H]2OC(C)=O. The molecule has 8 nitrogen and oxygen atoms in total. The summed E-state index contributed by atoms with van der Waals surface area (Å²) in [6, 6.07) is 0. The molecule has 3 aliphatic carbocycles. The van der Waals surface area contributed by atoms with Crippen LogP contribution in [0.3, 0.4) is 0 Å². The lowest BCUT2D eigenvalue weighted by Crippen LogP contribution is -2.54. The van der Waals surface area contributed by atoms with E-state index in [1.807, 2.05) is 13.8 Å². The predicted octanol–water partition coefficient (Wildman–Crippen LogP) is 4.45. The van der Waals surface area contributed by atoms with Crippen molar-refractivity contribution in [2.45, 2.75) is 105 Å². The van der Waals surface area contributed by atoms with Crippen molar-refractivity contribution in [1.29, 1.82) is 0 Å². The zero-order chi connectivity index (χ0) is 26.9. The fraction of sp³-hybridized carbons (Fsp3) is 0.714. The molecule has 8 atom stereocenters. The van der Waals surface area contributed by atoms with Crippen molar-refractivity contribution in [3.05, 3.63) is 23.3 Å². The second-order valence-electron chi connectivity index (χ2n) is 11.0. The predicted molar refractivity (Wildman–Crippen MR) is 131 cm³/mol. The van der Waals surface area contributed by atoms with Crippen LogP contribution >= 0.6 is 0 Å². The molecule has 1 saturated carbocycles. The molecule has 0 aromatic heterocycles. The van der Waals surface area contributed by atoms with Crippen LogP contribution in [0.25, 0.3) is 0 Å². The molecular weight excluding hydrogens is 464 g/mol. The fourth-order valence-corrected chi connectivity index (χ4v) is 6.83. The van der Waals surface area contributed by atoms with E-state index >= 15 is 0 Å². The fourth-order valence-electron chi connectivity index (χ4n) is 6.83. The van der Waals surface area contributed by atoms with Gasteiger partial charge in [0, 0.05) is 39.5 Å². The molecule has 0 heterocycles. The summed E-state index contributed by atoms with van der Waals surface area (Å²) in [5, 5.41) is 0. The van der Waals surface area contributed by atoms with Gasteiger partial charge in [0.1, 0.15) is 18.3 Å². The average Bonchev–Trinajstić information content (AvgIpc) is 3.11. The topological polar surface area (TPSA) is 105 Å². The molecule has 0 radical (unpaired) electrons. The third-order valence-electron chi connectivity index (χ3n) is 8.39. The Morgan fingerprint density at radius 3 is 2.00 bits per heavy atom. The van der Waals surface area contributed by atoms with Crippen LogP contribution in [-0.4, -0.2) is 48.3 Å². The summed E-state index contributed by atoms with van der Waals surface area (Å²) in [6.45, 7) is 16.0. The van der Waals surface area contributed by atoms with Crippen LogP contribution in [0.1, 0.15) is 80.6 Å². The maximum Gasteiger partial charge on any atom is 0.303 e. The highest BCUT2D eigenvalue weighted by Crippen LogP contribution is 2.60. The molecule has 3 rings (SSSR count). The van der Waals surface area contributed by atoms with Crippen molar-refractivity contribution in [1.82, 2.24) is 0 Å². The Labute approximate surface area is 213 Å². The summed E-state index contributed by atoms with van der Waals surface area (Å²) in [6.07, 6.45) is 0.602. The second-order valence-corrected chi connectivity index (χ2v) is 11.0. The lowest BCUT2D eigenvalue weighted by atomic mass is 9.60. The molecular formula is C28H40O8. The van der Waals surface area contributed by atoms with E-state index in [4.69, 9.17) is 18.9 Å². The second kappa shape index (κ2) is 10.8. The van der Waals surface area contributed by atoms with E-state index in [1.54, 1.807) is 0 Å². The number of carbonyl (C=O) groups is 4. The zero-order valence-corrected chi connectivity index (χ0v) is 22.6. The summed E-state index contributed by atoms with van der Waals surface area (Å²) in [4.78, 5) is 48.5. The van der Waals surface area contributed by atoms with E-state index in [9.17, 15) is 19.2 Å². The maximum atomic E-state index is 12.3. The molecule has 1 fully saturated rings. The third-order valence-corrected chi connectivity index (χ3v) is 8.39. The van der Waals surface area contributed by atoms with Crippen LogP contribution in [0.2, 0.25) is 0 Å². The van der Waals surface area contributed by atoms with Crippen LogP contribution in [0.5, 0.6) is 0 Å². The molecule has 8 heteroatoms. The van der Waals surface area contributed by atoms with E-state index in [2.05, 4.69) is 13.5 Å². The molecule has 0 amide bonds. The Balaban J connectivity index is 2.23. The highest BCUT2D eigenvalue weighted by molar-refractivity contribution is 5.69. The first-order chi connectivity index (χ1) is 16.8. The molecule has 0 N–H and O–H groups in total. The quantitative estimate of drug-likeness (QED) is 0.314. The van der Waals surface area contributed by atoms with Crippen LogP contribution in [0.15, 0.2) is 23.3 Å². The zero-order valence-electron chi connectivity index (χ0n) is 22.6. The number of esters is 4. The highest BCUT2D eigenvalue weighted by Gasteiger charge is 2.60. The van der Waals surface area contributed by atoms with Gasteiger partial charge >= 0.3 is 23.9 Å². The molecule has 36 heavy (non-hydrogen) atoms. The van der Waals surface area contributed by atoms with E-state index in [0.29, 0.717) is 19.3 Å². The number of allylic oxidation sites excluding steroid dienone is 1. The molecule has 2 bridgehead atoms. The Hall–Kier alpha value is -2.64. The van der Waals surface area contributed by atoms with Crippen LogP contribution < -0.4 is 0 Å². The number of carbonyl (C=O) groups excluding carboxylic acids is 4. The van der Waals surface area contributed by atoms with Gasteiger partial charge in [-0.1, -0.05) is 26.0 Å². The minimum atomic E-state index is -0.782. The van der Waals surface area contributed by atoms with Gasteiger partial charge in [-0.15, -0.1) is 0 Å². The number of rotatable bonds is 4. The lowest BCUT2D eigenvalue weighted by molar-refractivity contribution is -0.178. The van der Waals surface area contributed by atoms with Crippen LogP contribution in [0.4, 0.5) is 0 Å². The normalized spacial score (nSPS) is 36.4. The highest BCUT2D eigenvalue weighted by atomic mass is 16.6. The van der Waals surface area contributed by atoms with Crippen molar-refractivity contribution in [2.24, 2.45) is 23.2 Å². The Kier molecular flexibility index (Phi) is 8.36. The van der Waals surface area contributed by atoms with Gasteiger partial charge < -0.3 is 18.9 Å². The van der Waals surface area contributed by atoms with Gasteiger partial charge in [0.05, 0.1) is 0 Å². The van der Waals surface area contributed by atoms with Crippen molar-refractivity contribution < 1.29 is 38.1 Å². The first-order valence-electron chi connectivity index (χ1n) is 12.8. The molecule has 0 spiro atoms. The van der Waals surface area contributed by atoms with Crippen LogP contribution in [0, 0.1) is 23.2 Å². The minimum Gasteiger partial charge on any atom is -0.462 e.